The van der Waals surface area contributed by atoms with Crippen LogP contribution in [0.25, 0.3) is 0 Å². The molecule has 0 spiro atoms. The van der Waals surface area contributed by atoms with Crippen molar-refractivity contribution < 1.29 is 4.74 Å². The molecule has 2 atom stereocenters. The van der Waals surface area contributed by atoms with Crippen molar-refractivity contribution in [2.45, 2.75) is 18.9 Å². The van der Waals surface area contributed by atoms with Crippen molar-refractivity contribution in [2.75, 3.05) is 20.2 Å². The molecular formula is C13H17Cl2NO. The van der Waals surface area contributed by atoms with E-state index in [0.29, 0.717) is 22.1 Å². The highest BCUT2D eigenvalue weighted by atomic mass is 35.5. The molecule has 2 unspecified atom stereocenters. The van der Waals surface area contributed by atoms with Crippen LogP contribution < -0.4 is 5.32 Å². The molecule has 4 heteroatoms. The van der Waals surface area contributed by atoms with Gasteiger partial charge in [-0.3, -0.25) is 0 Å². The Morgan fingerprint density at radius 3 is 2.88 bits per heavy atom. The maximum Gasteiger partial charge on any atom is 0.0727 e. The van der Waals surface area contributed by atoms with Crippen LogP contribution in [0.15, 0.2) is 18.2 Å². The van der Waals surface area contributed by atoms with Gasteiger partial charge in [0.1, 0.15) is 0 Å². The second-order valence-corrected chi connectivity index (χ2v) is 5.29. The Kier molecular flexibility index (Phi) is 4.69. The van der Waals surface area contributed by atoms with Crippen LogP contribution in [0.5, 0.6) is 0 Å². The van der Waals surface area contributed by atoms with Crippen LogP contribution in [-0.4, -0.2) is 26.3 Å². The Hall–Kier alpha value is -0.280. The van der Waals surface area contributed by atoms with Crippen LogP contribution in [0.3, 0.4) is 0 Å². The predicted molar refractivity (Wildman–Crippen MR) is 71.9 cm³/mol. The number of hydrogen-bond donors (Lipinski definition) is 1. The molecule has 1 fully saturated rings. The maximum atomic E-state index is 6.03. The molecule has 0 bridgehead atoms. The average Bonchev–Trinajstić information content (AvgIpc) is 2.34. The van der Waals surface area contributed by atoms with E-state index >= 15 is 0 Å². The Morgan fingerprint density at radius 1 is 1.35 bits per heavy atom. The van der Waals surface area contributed by atoms with E-state index in [0.717, 1.165) is 25.9 Å². The van der Waals surface area contributed by atoms with Crippen molar-refractivity contribution in [1.29, 1.82) is 0 Å². The maximum absolute atomic E-state index is 6.03. The molecule has 0 aromatic heterocycles. The average molecular weight is 274 g/mol. The highest BCUT2D eigenvalue weighted by Crippen LogP contribution is 2.26. The minimum atomic E-state index is 0.290. The minimum absolute atomic E-state index is 0.290. The summed E-state index contributed by atoms with van der Waals surface area (Å²) in [5.41, 5.74) is 1.23. The number of methoxy groups -OCH3 is 1. The zero-order valence-corrected chi connectivity index (χ0v) is 11.4. The monoisotopic (exact) mass is 273 g/mol. The van der Waals surface area contributed by atoms with Crippen molar-refractivity contribution in [3.8, 4) is 0 Å². The summed E-state index contributed by atoms with van der Waals surface area (Å²) in [6.45, 7) is 1.99. The Balaban J connectivity index is 2.05. The molecule has 2 rings (SSSR count). The lowest BCUT2D eigenvalue weighted by atomic mass is 9.88. The van der Waals surface area contributed by atoms with Gasteiger partial charge in [0.25, 0.3) is 0 Å². The molecule has 1 aromatic carbocycles. The largest absolute Gasteiger partial charge is 0.380 e. The van der Waals surface area contributed by atoms with Gasteiger partial charge in [-0.25, -0.2) is 0 Å². The third-order valence-corrected chi connectivity index (χ3v) is 4.09. The van der Waals surface area contributed by atoms with Crippen molar-refractivity contribution >= 4 is 23.2 Å². The molecule has 2 nitrogen and oxygen atoms in total. The molecule has 1 saturated heterocycles. The summed E-state index contributed by atoms with van der Waals surface area (Å²) in [4.78, 5) is 0. The molecule has 94 valence electrons. The van der Waals surface area contributed by atoms with E-state index < -0.39 is 0 Å². The fourth-order valence-electron chi connectivity index (χ4n) is 2.36. The van der Waals surface area contributed by atoms with E-state index in [-0.39, 0.29) is 0 Å². The lowest BCUT2D eigenvalue weighted by Crippen LogP contribution is -2.42. The first-order valence-corrected chi connectivity index (χ1v) is 6.63. The fraction of sp³-hybridized carbons (Fsp3) is 0.538. The summed E-state index contributed by atoms with van der Waals surface area (Å²) in [6.07, 6.45) is 2.42. The predicted octanol–water partition coefficient (Wildman–Crippen LogP) is 3.16. The van der Waals surface area contributed by atoms with Gasteiger partial charge < -0.3 is 10.1 Å². The van der Waals surface area contributed by atoms with Crippen molar-refractivity contribution in [3.05, 3.63) is 33.8 Å². The van der Waals surface area contributed by atoms with E-state index in [2.05, 4.69) is 5.32 Å². The van der Waals surface area contributed by atoms with Crippen molar-refractivity contribution in [1.82, 2.24) is 5.32 Å². The minimum Gasteiger partial charge on any atom is -0.380 e. The van der Waals surface area contributed by atoms with Crippen LogP contribution >= 0.6 is 23.2 Å². The van der Waals surface area contributed by atoms with Gasteiger partial charge in [0.2, 0.25) is 0 Å². The molecule has 0 saturated carbocycles. The highest BCUT2D eigenvalue weighted by molar-refractivity contribution is 6.42. The van der Waals surface area contributed by atoms with Gasteiger partial charge in [-0.15, -0.1) is 0 Å². The van der Waals surface area contributed by atoms with E-state index in [4.69, 9.17) is 27.9 Å². The van der Waals surface area contributed by atoms with Crippen LogP contribution in [0.2, 0.25) is 10.0 Å². The normalized spacial score (nSPS) is 24.9. The second-order valence-electron chi connectivity index (χ2n) is 4.48. The van der Waals surface area contributed by atoms with Crippen molar-refractivity contribution in [2.24, 2.45) is 5.92 Å². The molecule has 1 N–H and O–H groups in total. The summed E-state index contributed by atoms with van der Waals surface area (Å²) in [5, 5.41) is 4.60. The Labute approximate surface area is 112 Å². The molecular weight excluding hydrogens is 257 g/mol. The van der Waals surface area contributed by atoms with Gasteiger partial charge in [0.05, 0.1) is 16.1 Å². The van der Waals surface area contributed by atoms with Gasteiger partial charge in [0.15, 0.2) is 0 Å². The highest BCUT2D eigenvalue weighted by Gasteiger charge is 2.24. The lowest BCUT2D eigenvalue weighted by molar-refractivity contribution is 0.0341. The SMILES string of the molecule is COC1CNCCC1Cc1ccc(Cl)c(Cl)c1. The molecule has 1 aliphatic heterocycles. The number of rotatable bonds is 3. The van der Waals surface area contributed by atoms with Gasteiger partial charge in [-0.2, -0.15) is 0 Å². The topological polar surface area (TPSA) is 21.3 Å². The fourth-order valence-corrected chi connectivity index (χ4v) is 2.68. The van der Waals surface area contributed by atoms with Crippen LogP contribution in [-0.2, 0) is 11.2 Å². The summed E-state index contributed by atoms with van der Waals surface area (Å²) in [7, 11) is 1.78. The van der Waals surface area contributed by atoms with E-state index in [9.17, 15) is 0 Å². The number of halogens is 2. The number of hydrogen-bond acceptors (Lipinski definition) is 2. The number of nitrogens with one attached hydrogen (secondary N) is 1. The summed E-state index contributed by atoms with van der Waals surface area (Å²) >= 11 is 11.9. The number of ether oxygens (including phenoxy) is 1. The molecule has 17 heavy (non-hydrogen) atoms. The summed E-state index contributed by atoms with van der Waals surface area (Å²) in [6, 6.07) is 5.86. The van der Waals surface area contributed by atoms with Crippen LogP contribution in [0, 0.1) is 5.92 Å². The first kappa shape index (κ1) is 13.2. The standard InChI is InChI=1S/C13H17Cl2NO/c1-17-13-8-16-5-4-10(13)6-9-2-3-11(14)12(15)7-9/h2-3,7,10,13,16H,4-6,8H2,1H3. The second kappa shape index (κ2) is 6.05. The van der Waals surface area contributed by atoms with Gasteiger partial charge in [0, 0.05) is 13.7 Å². The smallest absolute Gasteiger partial charge is 0.0727 e. The molecule has 1 aromatic rings. The zero-order valence-electron chi connectivity index (χ0n) is 9.88. The number of benzene rings is 1. The lowest BCUT2D eigenvalue weighted by Gasteiger charge is -2.31. The molecule has 1 heterocycles. The third-order valence-electron chi connectivity index (χ3n) is 3.35. The van der Waals surface area contributed by atoms with E-state index in [1.165, 1.54) is 5.56 Å². The first-order valence-electron chi connectivity index (χ1n) is 5.88. The molecule has 0 amide bonds. The third kappa shape index (κ3) is 3.35. The first-order chi connectivity index (χ1) is 8.20. The summed E-state index contributed by atoms with van der Waals surface area (Å²) in [5.74, 6) is 0.554. The van der Waals surface area contributed by atoms with Crippen LogP contribution in [0.4, 0.5) is 0 Å². The Bertz CT molecular complexity index is 384. The molecule has 0 radical (unpaired) electrons. The quantitative estimate of drug-likeness (QED) is 0.914. The van der Waals surface area contributed by atoms with Gasteiger partial charge >= 0.3 is 0 Å². The number of piperidine rings is 1. The Morgan fingerprint density at radius 2 is 2.18 bits per heavy atom. The van der Waals surface area contributed by atoms with Gasteiger partial charge in [-0.05, 0) is 43.0 Å². The van der Waals surface area contributed by atoms with E-state index in [1.807, 2.05) is 18.2 Å². The molecule has 0 aliphatic carbocycles. The van der Waals surface area contributed by atoms with Gasteiger partial charge in [-0.1, -0.05) is 29.3 Å². The zero-order chi connectivity index (χ0) is 12.3. The summed E-state index contributed by atoms with van der Waals surface area (Å²) < 4.78 is 5.51. The van der Waals surface area contributed by atoms with E-state index in [1.54, 1.807) is 7.11 Å². The molecule has 1 aliphatic rings. The van der Waals surface area contributed by atoms with Crippen LogP contribution in [0.1, 0.15) is 12.0 Å². The van der Waals surface area contributed by atoms with Crippen molar-refractivity contribution in [3.63, 3.8) is 0 Å².